The van der Waals surface area contributed by atoms with Gasteiger partial charge in [-0.2, -0.15) is 0 Å². The first-order valence-electron chi connectivity index (χ1n) is 5.19. The number of ether oxygens (including phenoxy) is 1. The third kappa shape index (κ3) is 2.64. The lowest BCUT2D eigenvalue weighted by Crippen LogP contribution is -1.97. The fourth-order valence-corrected chi connectivity index (χ4v) is 1.55. The molecule has 0 atom stereocenters. The maximum Gasteiger partial charge on any atom is 0.331 e. The van der Waals surface area contributed by atoms with Crippen LogP contribution in [0.1, 0.15) is 11.1 Å². The summed E-state index contributed by atoms with van der Waals surface area (Å²) in [5.41, 5.74) is 2.58. The molecule has 0 bridgehead atoms. The summed E-state index contributed by atoms with van der Waals surface area (Å²) in [7, 11) is 1.36. The Morgan fingerprint density at radius 1 is 1.18 bits per heavy atom. The van der Waals surface area contributed by atoms with Crippen LogP contribution in [0.15, 0.2) is 59.4 Å². The van der Waals surface area contributed by atoms with Gasteiger partial charge < -0.3 is 9.15 Å². The van der Waals surface area contributed by atoms with Gasteiger partial charge in [0, 0.05) is 11.6 Å². The molecule has 0 fully saturated rings. The second kappa shape index (κ2) is 5.16. The number of furan rings is 1. The molecule has 0 N–H and O–H groups in total. The van der Waals surface area contributed by atoms with E-state index in [-0.39, 0.29) is 5.97 Å². The smallest absolute Gasteiger partial charge is 0.331 e. The number of hydrogen-bond donors (Lipinski definition) is 0. The monoisotopic (exact) mass is 228 g/mol. The number of carbonyl (C=O) groups excluding carboxylic acids is 1. The van der Waals surface area contributed by atoms with E-state index in [2.05, 4.69) is 4.74 Å². The summed E-state index contributed by atoms with van der Waals surface area (Å²) in [4.78, 5) is 11.4. The van der Waals surface area contributed by atoms with Gasteiger partial charge in [-0.05, 0) is 17.2 Å². The van der Waals surface area contributed by atoms with Crippen molar-refractivity contribution in [2.75, 3.05) is 7.11 Å². The van der Waals surface area contributed by atoms with Gasteiger partial charge in [0.2, 0.25) is 0 Å². The summed E-state index contributed by atoms with van der Waals surface area (Å²) in [6, 6.07) is 11.4. The second-order valence-corrected chi connectivity index (χ2v) is 3.46. The second-order valence-electron chi connectivity index (χ2n) is 3.46. The molecular formula is C14H12O3. The average Bonchev–Trinajstić information content (AvgIpc) is 2.90. The van der Waals surface area contributed by atoms with Crippen molar-refractivity contribution in [3.05, 3.63) is 66.1 Å². The van der Waals surface area contributed by atoms with E-state index in [4.69, 9.17) is 4.42 Å². The highest BCUT2D eigenvalue weighted by molar-refractivity contribution is 5.96. The lowest BCUT2D eigenvalue weighted by Gasteiger charge is -2.04. The van der Waals surface area contributed by atoms with Crippen molar-refractivity contribution in [2.24, 2.45) is 0 Å². The molecular weight excluding hydrogens is 216 g/mol. The molecule has 0 amide bonds. The zero-order valence-corrected chi connectivity index (χ0v) is 9.42. The van der Waals surface area contributed by atoms with Gasteiger partial charge in [-0.25, -0.2) is 4.79 Å². The highest BCUT2D eigenvalue weighted by Crippen LogP contribution is 2.23. The molecule has 0 unspecified atom stereocenters. The average molecular weight is 228 g/mol. The summed E-state index contributed by atoms with van der Waals surface area (Å²) in [5.74, 6) is -0.384. The summed E-state index contributed by atoms with van der Waals surface area (Å²) in [6.07, 6.45) is 4.63. The van der Waals surface area contributed by atoms with E-state index in [1.54, 1.807) is 12.5 Å². The van der Waals surface area contributed by atoms with Crippen LogP contribution in [0.25, 0.3) is 5.57 Å². The first-order valence-corrected chi connectivity index (χ1v) is 5.19. The van der Waals surface area contributed by atoms with Gasteiger partial charge in [0.05, 0.1) is 19.6 Å². The van der Waals surface area contributed by atoms with E-state index in [1.807, 2.05) is 36.4 Å². The van der Waals surface area contributed by atoms with E-state index in [1.165, 1.54) is 13.2 Å². The highest BCUT2D eigenvalue weighted by Gasteiger charge is 2.08. The molecule has 3 heteroatoms. The minimum Gasteiger partial charge on any atom is -0.472 e. The maximum atomic E-state index is 11.4. The lowest BCUT2D eigenvalue weighted by atomic mass is 10.0. The van der Waals surface area contributed by atoms with Crippen molar-refractivity contribution in [3.8, 4) is 0 Å². The number of esters is 1. The molecule has 0 radical (unpaired) electrons. The molecule has 0 aliphatic heterocycles. The molecule has 17 heavy (non-hydrogen) atoms. The van der Waals surface area contributed by atoms with Crippen molar-refractivity contribution in [2.45, 2.75) is 0 Å². The lowest BCUT2D eigenvalue weighted by molar-refractivity contribution is -0.134. The first kappa shape index (κ1) is 11.2. The third-order valence-electron chi connectivity index (χ3n) is 2.38. The van der Waals surface area contributed by atoms with Crippen LogP contribution in [0.5, 0.6) is 0 Å². The zero-order valence-electron chi connectivity index (χ0n) is 9.42. The normalized spacial score (nSPS) is 11.2. The molecule has 0 saturated carbocycles. The summed E-state index contributed by atoms with van der Waals surface area (Å²) in [5, 5.41) is 0. The Hall–Kier alpha value is -2.29. The molecule has 1 aromatic heterocycles. The van der Waals surface area contributed by atoms with Crippen molar-refractivity contribution in [1.82, 2.24) is 0 Å². The number of rotatable bonds is 3. The van der Waals surface area contributed by atoms with Gasteiger partial charge in [-0.3, -0.25) is 0 Å². The summed E-state index contributed by atoms with van der Waals surface area (Å²) >= 11 is 0. The Balaban J connectivity index is 2.46. The standard InChI is InChI=1S/C14H12O3/c1-16-14(15)9-13(12-7-8-17-10-12)11-5-3-2-4-6-11/h2-10H,1H3/b13-9-. The first-order chi connectivity index (χ1) is 8.31. The predicted molar refractivity (Wildman–Crippen MR) is 64.2 cm³/mol. The maximum absolute atomic E-state index is 11.4. The molecule has 2 aromatic rings. The van der Waals surface area contributed by atoms with Crippen molar-refractivity contribution in [1.29, 1.82) is 0 Å². The van der Waals surface area contributed by atoms with E-state index in [0.29, 0.717) is 0 Å². The molecule has 86 valence electrons. The Bertz CT molecular complexity index is 510. The van der Waals surface area contributed by atoms with Crippen LogP contribution in [-0.4, -0.2) is 13.1 Å². The van der Waals surface area contributed by atoms with E-state index in [9.17, 15) is 4.79 Å². The Morgan fingerprint density at radius 2 is 1.94 bits per heavy atom. The van der Waals surface area contributed by atoms with Crippen LogP contribution in [0.2, 0.25) is 0 Å². The van der Waals surface area contributed by atoms with Gasteiger partial charge in [0.1, 0.15) is 0 Å². The summed E-state index contributed by atoms with van der Waals surface area (Å²) < 4.78 is 9.69. The molecule has 1 heterocycles. The third-order valence-corrected chi connectivity index (χ3v) is 2.38. The van der Waals surface area contributed by atoms with Crippen LogP contribution in [0.3, 0.4) is 0 Å². The summed E-state index contributed by atoms with van der Waals surface area (Å²) in [6.45, 7) is 0. The van der Waals surface area contributed by atoms with Crippen LogP contribution >= 0.6 is 0 Å². The minimum atomic E-state index is -0.384. The van der Waals surface area contributed by atoms with Gasteiger partial charge in [0.15, 0.2) is 0 Å². The van der Waals surface area contributed by atoms with Gasteiger partial charge >= 0.3 is 5.97 Å². The molecule has 0 saturated heterocycles. The molecule has 0 aliphatic carbocycles. The molecule has 1 aromatic carbocycles. The molecule has 0 spiro atoms. The topological polar surface area (TPSA) is 39.4 Å². The van der Waals surface area contributed by atoms with Crippen LogP contribution in [0.4, 0.5) is 0 Å². The largest absolute Gasteiger partial charge is 0.472 e. The van der Waals surface area contributed by atoms with Crippen LogP contribution < -0.4 is 0 Å². The van der Waals surface area contributed by atoms with Crippen LogP contribution in [0, 0.1) is 0 Å². The van der Waals surface area contributed by atoms with Crippen molar-refractivity contribution >= 4 is 11.5 Å². The number of benzene rings is 1. The Labute approximate surface area is 99.3 Å². The number of carbonyl (C=O) groups is 1. The van der Waals surface area contributed by atoms with Gasteiger partial charge in [0.25, 0.3) is 0 Å². The predicted octanol–water partition coefficient (Wildman–Crippen LogP) is 2.88. The fourth-order valence-electron chi connectivity index (χ4n) is 1.55. The Morgan fingerprint density at radius 3 is 2.53 bits per heavy atom. The molecule has 0 aliphatic rings. The Kier molecular flexibility index (Phi) is 3.40. The minimum absolute atomic E-state index is 0.384. The SMILES string of the molecule is COC(=O)/C=C(/c1ccccc1)c1ccoc1. The zero-order chi connectivity index (χ0) is 12.1. The highest BCUT2D eigenvalue weighted by atomic mass is 16.5. The van der Waals surface area contributed by atoms with Crippen LogP contribution in [-0.2, 0) is 9.53 Å². The van der Waals surface area contributed by atoms with Gasteiger partial charge in [-0.1, -0.05) is 30.3 Å². The van der Waals surface area contributed by atoms with E-state index < -0.39 is 0 Å². The molecule has 2 rings (SSSR count). The van der Waals surface area contributed by atoms with Crippen molar-refractivity contribution < 1.29 is 13.9 Å². The quantitative estimate of drug-likeness (QED) is 0.599. The van der Waals surface area contributed by atoms with E-state index in [0.717, 1.165) is 16.7 Å². The van der Waals surface area contributed by atoms with Gasteiger partial charge in [-0.15, -0.1) is 0 Å². The molecule has 3 nitrogen and oxygen atoms in total. The number of methoxy groups -OCH3 is 1. The van der Waals surface area contributed by atoms with Crippen molar-refractivity contribution in [3.63, 3.8) is 0 Å². The van der Waals surface area contributed by atoms with E-state index >= 15 is 0 Å². The number of hydrogen-bond acceptors (Lipinski definition) is 3. The fraction of sp³-hybridized carbons (Fsp3) is 0.0714.